The summed E-state index contributed by atoms with van der Waals surface area (Å²) in [5.41, 5.74) is 5.76. The lowest BCUT2D eigenvalue weighted by Crippen LogP contribution is -2.14. The van der Waals surface area contributed by atoms with Crippen LogP contribution < -0.4 is 10.5 Å². The Morgan fingerprint density at radius 3 is 2.73 bits per heavy atom. The fraction of sp³-hybridized carbons (Fsp3) is 0.182. The molecule has 0 fully saturated rings. The van der Waals surface area contributed by atoms with Crippen LogP contribution in [0, 0.1) is 0 Å². The van der Waals surface area contributed by atoms with Crippen LogP contribution in [0.5, 0.6) is 11.8 Å². The quantitative estimate of drug-likeness (QED) is 0.831. The van der Waals surface area contributed by atoms with Gasteiger partial charge in [-0.05, 0) is 19.1 Å². The molecule has 0 spiro atoms. The second kappa shape index (κ2) is 4.14. The smallest absolute Gasteiger partial charge is 0.303 e. The maximum absolute atomic E-state index is 5.76. The second-order valence-electron chi connectivity index (χ2n) is 3.27. The molecule has 4 heteroatoms. The lowest BCUT2D eigenvalue weighted by molar-refractivity contribution is 0.390. The molecule has 0 bridgehead atoms. The third-order valence-corrected chi connectivity index (χ3v) is 2.02. The normalized spacial score (nSPS) is 12.4. The van der Waals surface area contributed by atoms with Gasteiger partial charge in [0.1, 0.15) is 5.75 Å². The molecule has 1 unspecified atom stereocenters. The molecule has 0 saturated carbocycles. The zero-order valence-corrected chi connectivity index (χ0v) is 8.50. The Hall–Kier alpha value is -1.81. The van der Waals surface area contributed by atoms with Crippen LogP contribution >= 0.6 is 0 Å². The van der Waals surface area contributed by atoms with Crippen LogP contribution in [0.3, 0.4) is 0 Å². The topological polar surface area (TPSA) is 53.1 Å². The Labute approximate surface area is 88.3 Å². The fourth-order valence-electron chi connectivity index (χ4n) is 1.28. The number of nitrogens with zero attached hydrogens (tertiary/aromatic N) is 2. The van der Waals surface area contributed by atoms with Crippen LogP contribution in [-0.2, 0) is 0 Å². The first-order valence-electron chi connectivity index (χ1n) is 4.78. The van der Waals surface area contributed by atoms with Crippen molar-refractivity contribution < 1.29 is 4.74 Å². The van der Waals surface area contributed by atoms with E-state index in [2.05, 4.69) is 4.98 Å². The molecule has 0 aliphatic rings. The van der Waals surface area contributed by atoms with Gasteiger partial charge in [0.2, 0.25) is 0 Å². The monoisotopic (exact) mass is 203 g/mol. The maximum Gasteiger partial charge on any atom is 0.303 e. The van der Waals surface area contributed by atoms with Gasteiger partial charge in [0.15, 0.2) is 0 Å². The van der Waals surface area contributed by atoms with E-state index in [1.165, 1.54) is 0 Å². The number of benzene rings is 1. The van der Waals surface area contributed by atoms with E-state index in [4.69, 9.17) is 10.5 Å². The van der Waals surface area contributed by atoms with E-state index >= 15 is 0 Å². The zero-order chi connectivity index (χ0) is 10.7. The molecule has 0 saturated heterocycles. The summed E-state index contributed by atoms with van der Waals surface area (Å²) in [4.78, 5) is 4.09. The molecule has 2 N–H and O–H groups in total. The number of aromatic nitrogens is 2. The van der Waals surface area contributed by atoms with Crippen LogP contribution in [0.1, 0.15) is 13.1 Å². The van der Waals surface area contributed by atoms with Crippen molar-refractivity contribution in [2.75, 3.05) is 0 Å². The van der Waals surface area contributed by atoms with Crippen molar-refractivity contribution in [1.29, 1.82) is 0 Å². The van der Waals surface area contributed by atoms with Crippen molar-refractivity contribution in [2.24, 2.45) is 5.73 Å². The molecule has 2 rings (SSSR count). The molecule has 0 amide bonds. The Bertz CT molecular complexity index is 422. The summed E-state index contributed by atoms with van der Waals surface area (Å²) >= 11 is 0. The second-order valence-corrected chi connectivity index (χ2v) is 3.27. The van der Waals surface area contributed by atoms with E-state index in [1.807, 2.05) is 37.3 Å². The SMILES string of the molecule is CC(N)n1ccnc1Oc1ccccc1. The van der Waals surface area contributed by atoms with Crippen LogP contribution in [0.2, 0.25) is 0 Å². The number of para-hydroxylation sites is 1. The minimum absolute atomic E-state index is 0.147. The molecule has 0 radical (unpaired) electrons. The Balaban J connectivity index is 2.21. The third kappa shape index (κ3) is 2.16. The van der Waals surface area contributed by atoms with Gasteiger partial charge in [0.05, 0.1) is 6.17 Å². The van der Waals surface area contributed by atoms with E-state index in [-0.39, 0.29) is 6.17 Å². The van der Waals surface area contributed by atoms with Crippen LogP contribution in [-0.4, -0.2) is 9.55 Å². The van der Waals surface area contributed by atoms with Crippen molar-refractivity contribution in [2.45, 2.75) is 13.1 Å². The number of hydrogen-bond acceptors (Lipinski definition) is 3. The molecule has 4 nitrogen and oxygen atoms in total. The predicted octanol–water partition coefficient (Wildman–Crippen LogP) is 2.15. The van der Waals surface area contributed by atoms with Gasteiger partial charge >= 0.3 is 6.01 Å². The van der Waals surface area contributed by atoms with Crippen molar-refractivity contribution in [3.8, 4) is 11.8 Å². The average Bonchev–Trinajstić information content (AvgIpc) is 2.67. The molecular formula is C11H13N3O. The van der Waals surface area contributed by atoms with Crippen LogP contribution in [0.4, 0.5) is 0 Å². The molecule has 1 heterocycles. The predicted molar refractivity (Wildman–Crippen MR) is 57.6 cm³/mol. The van der Waals surface area contributed by atoms with Gasteiger partial charge in [0.25, 0.3) is 0 Å². The van der Waals surface area contributed by atoms with Crippen molar-refractivity contribution >= 4 is 0 Å². The van der Waals surface area contributed by atoms with Crippen LogP contribution in [0.25, 0.3) is 0 Å². The van der Waals surface area contributed by atoms with Gasteiger partial charge in [-0.25, -0.2) is 4.98 Å². The lowest BCUT2D eigenvalue weighted by atomic mass is 10.3. The largest absolute Gasteiger partial charge is 0.425 e. The summed E-state index contributed by atoms with van der Waals surface area (Å²) < 4.78 is 7.35. The summed E-state index contributed by atoms with van der Waals surface area (Å²) in [6.07, 6.45) is 3.32. The molecule has 0 aliphatic carbocycles. The molecule has 15 heavy (non-hydrogen) atoms. The van der Waals surface area contributed by atoms with Gasteiger partial charge < -0.3 is 10.5 Å². The first-order chi connectivity index (χ1) is 7.27. The van der Waals surface area contributed by atoms with Gasteiger partial charge in [-0.3, -0.25) is 4.57 Å². The van der Waals surface area contributed by atoms with Gasteiger partial charge in [-0.15, -0.1) is 0 Å². The zero-order valence-electron chi connectivity index (χ0n) is 8.50. The number of hydrogen-bond donors (Lipinski definition) is 1. The van der Waals surface area contributed by atoms with Crippen molar-refractivity contribution in [3.63, 3.8) is 0 Å². The maximum atomic E-state index is 5.76. The Kier molecular flexibility index (Phi) is 2.69. The van der Waals surface area contributed by atoms with E-state index in [1.54, 1.807) is 17.0 Å². The molecule has 1 atom stereocenters. The van der Waals surface area contributed by atoms with Crippen molar-refractivity contribution in [3.05, 3.63) is 42.7 Å². The molecule has 1 aromatic heterocycles. The minimum Gasteiger partial charge on any atom is -0.425 e. The van der Waals surface area contributed by atoms with Crippen LogP contribution in [0.15, 0.2) is 42.7 Å². The highest BCUT2D eigenvalue weighted by atomic mass is 16.5. The highest BCUT2D eigenvalue weighted by Crippen LogP contribution is 2.20. The summed E-state index contributed by atoms with van der Waals surface area (Å²) in [6, 6.07) is 10.0. The van der Waals surface area contributed by atoms with Gasteiger partial charge in [-0.2, -0.15) is 0 Å². The summed E-state index contributed by atoms with van der Waals surface area (Å²) in [6.45, 7) is 1.87. The first-order valence-corrected chi connectivity index (χ1v) is 4.78. The molecular weight excluding hydrogens is 190 g/mol. The Morgan fingerprint density at radius 2 is 2.07 bits per heavy atom. The molecule has 2 aromatic rings. The Morgan fingerprint density at radius 1 is 1.33 bits per heavy atom. The summed E-state index contributed by atoms with van der Waals surface area (Å²) in [7, 11) is 0. The minimum atomic E-state index is -0.147. The molecule has 78 valence electrons. The molecule has 0 aliphatic heterocycles. The van der Waals surface area contributed by atoms with Gasteiger partial charge in [-0.1, -0.05) is 18.2 Å². The highest BCUT2D eigenvalue weighted by molar-refractivity contribution is 5.24. The number of nitrogens with two attached hydrogens (primary N) is 1. The van der Waals surface area contributed by atoms with E-state index in [0.29, 0.717) is 6.01 Å². The fourth-order valence-corrected chi connectivity index (χ4v) is 1.28. The van der Waals surface area contributed by atoms with E-state index in [0.717, 1.165) is 5.75 Å². The number of rotatable bonds is 3. The average molecular weight is 203 g/mol. The highest BCUT2D eigenvalue weighted by Gasteiger charge is 2.07. The van der Waals surface area contributed by atoms with Crippen molar-refractivity contribution in [1.82, 2.24) is 9.55 Å². The molecule has 1 aromatic carbocycles. The summed E-state index contributed by atoms with van der Waals surface area (Å²) in [5.74, 6) is 0.755. The number of imidazole rings is 1. The summed E-state index contributed by atoms with van der Waals surface area (Å²) in [5, 5.41) is 0. The van der Waals surface area contributed by atoms with E-state index in [9.17, 15) is 0 Å². The van der Waals surface area contributed by atoms with E-state index < -0.39 is 0 Å². The lowest BCUT2D eigenvalue weighted by Gasteiger charge is -2.11. The first kappa shape index (κ1) is 9.73. The standard InChI is InChI=1S/C11H13N3O/c1-9(12)14-8-7-13-11(14)15-10-5-3-2-4-6-10/h2-9H,12H2,1H3. The van der Waals surface area contributed by atoms with Gasteiger partial charge in [0, 0.05) is 12.4 Å². The number of ether oxygens (including phenoxy) is 1. The third-order valence-electron chi connectivity index (χ3n) is 2.02.